The Labute approximate surface area is 122 Å². The summed E-state index contributed by atoms with van der Waals surface area (Å²) in [5, 5.41) is 0. The van der Waals surface area contributed by atoms with E-state index in [0.717, 1.165) is 18.5 Å². The Bertz CT molecular complexity index is 331. The first-order valence-corrected chi connectivity index (χ1v) is 9.31. The molecule has 3 unspecified atom stereocenters. The summed E-state index contributed by atoms with van der Waals surface area (Å²) in [5.41, 5.74) is 6.99. The van der Waals surface area contributed by atoms with Crippen molar-refractivity contribution in [2.24, 2.45) is 17.1 Å². The minimum Gasteiger partial charge on any atom is -0.329 e. The highest BCUT2D eigenvalue weighted by Crippen LogP contribution is 2.50. The quantitative estimate of drug-likeness (QED) is 0.844. The summed E-state index contributed by atoms with van der Waals surface area (Å²) < 4.78 is 0. The van der Waals surface area contributed by atoms with Crippen LogP contribution in [0.1, 0.15) is 52.4 Å². The Balaban J connectivity index is 1.88. The molecule has 3 atom stereocenters. The molecule has 2 saturated heterocycles. The maximum Gasteiger partial charge on any atom is 0.0475 e. The van der Waals surface area contributed by atoms with Crippen LogP contribution in [0.5, 0.6) is 0 Å². The molecule has 0 aromatic heterocycles. The number of fused-ring (bicyclic) bond motifs is 1. The molecule has 0 aromatic rings. The van der Waals surface area contributed by atoms with E-state index in [1.54, 1.807) is 0 Å². The molecule has 3 aliphatic rings. The Morgan fingerprint density at radius 2 is 2.00 bits per heavy atom. The number of likely N-dealkylation sites (tertiary alicyclic amines) is 1. The molecule has 0 amide bonds. The molecule has 2 aliphatic heterocycles. The van der Waals surface area contributed by atoms with Crippen LogP contribution >= 0.6 is 11.8 Å². The van der Waals surface area contributed by atoms with Gasteiger partial charge in [-0.15, -0.1) is 0 Å². The van der Waals surface area contributed by atoms with Crippen molar-refractivity contribution in [1.29, 1.82) is 0 Å². The summed E-state index contributed by atoms with van der Waals surface area (Å²) in [6.07, 6.45) is 8.53. The predicted molar refractivity (Wildman–Crippen MR) is 84.6 cm³/mol. The van der Waals surface area contributed by atoms with Gasteiger partial charge in [0.2, 0.25) is 0 Å². The molecule has 0 bridgehead atoms. The molecule has 3 rings (SSSR count). The maximum absolute atomic E-state index is 6.36. The average molecular weight is 282 g/mol. The zero-order chi connectivity index (χ0) is 13.5. The van der Waals surface area contributed by atoms with Crippen molar-refractivity contribution in [3.8, 4) is 0 Å². The molecule has 2 nitrogen and oxygen atoms in total. The first-order chi connectivity index (χ1) is 9.11. The van der Waals surface area contributed by atoms with Crippen LogP contribution < -0.4 is 5.73 Å². The first-order valence-electron chi connectivity index (χ1n) is 8.15. The molecule has 3 heteroatoms. The van der Waals surface area contributed by atoms with E-state index in [1.165, 1.54) is 56.6 Å². The molecule has 2 N–H and O–H groups in total. The van der Waals surface area contributed by atoms with E-state index in [2.05, 4.69) is 30.5 Å². The molecule has 3 fully saturated rings. The van der Waals surface area contributed by atoms with Crippen molar-refractivity contribution < 1.29 is 0 Å². The largest absolute Gasteiger partial charge is 0.329 e. The van der Waals surface area contributed by atoms with Gasteiger partial charge in [-0.1, -0.05) is 26.7 Å². The van der Waals surface area contributed by atoms with E-state index in [-0.39, 0.29) is 5.54 Å². The van der Waals surface area contributed by atoms with Gasteiger partial charge in [-0.05, 0) is 49.3 Å². The summed E-state index contributed by atoms with van der Waals surface area (Å²) in [5.74, 6) is 3.54. The number of hydrogen-bond acceptors (Lipinski definition) is 3. The lowest BCUT2D eigenvalue weighted by molar-refractivity contribution is -0.0204. The van der Waals surface area contributed by atoms with Crippen LogP contribution in [0.2, 0.25) is 0 Å². The van der Waals surface area contributed by atoms with E-state index < -0.39 is 0 Å². The van der Waals surface area contributed by atoms with Crippen molar-refractivity contribution in [1.82, 2.24) is 4.90 Å². The fourth-order valence-electron chi connectivity index (χ4n) is 4.86. The number of thioether (sulfide) groups is 1. The third-order valence-corrected chi connectivity index (χ3v) is 7.54. The van der Waals surface area contributed by atoms with Crippen LogP contribution in [0, 0.1) is 11.3 Å². The Morgan fingerprint density at radius 1 is 1.21 bits per heavy atom. The highest BCUT2D eigenvalue weighted by atomic mass is 32.2. The minimum atomic E-state index is 0.257. The summed E-state index contributed by atoms with van der Waals surface area (Å²) in [6.45, 7) is 7.08. The van der Waals surface area contributed by atoms with Crippen molar-refractivity contribution >= 4 is 11.8 Å². The van der Waals surface area contributed by atoms with Gasteiger partial charge in [0.15, 0.2) is 0 Å². The van der Waals surface area contributed by atoms with Gasteiger partial charge in [-0.2, -0.15) is 11.8 Å². The highest BCUT2D eigenvalue weighted by Gasteiger charge is 2.54. The third kappa shape index (κ3) is 2.16. The third-order valence-electron chi connectivity index (χ3n) is 6.37. The van der Waals surface area contributed by atoms with Gasteiger partial charge in [0.25, 0.3) is 0 Å². The Hall–Kier alpha value is 0.270. The van der Waals surface area contributed by atoms with E-state index in [4.69, 9.17) is 5.73 Å². The van der Waals surface area contributed by atoms with Gasteiger partial charge < -0.3 is 5.73 Å². The zero-order valence-electron chi connectivity index (χ0n) is 12.7. The highest BCUT2D eigenvalue weighted by molar-refractivity contribution is 7.99. The molecule has 1 aliphatic carbocycles. The van der Waals surface area contributed by atoms with Crippen molar-refractivity contribution in [2.75, 3.05) is 24.6 Å². The van der Waals surface area contributed by atoms with Crippen molar-refractivity contribution in [2.45, 2.75) is 64.0 Å². The lowest BCUT2D eigenvalue weighted by atomic mass is 9.69. The van der Waals surface area contributed by atoms with Gasteiger partial charge in [0.05, 0.1) is 0 Å². The van der Waals surface area contributed by atoms with Crippen molar-refractivity contribution in [3.05, 3.63) is 0 Å². The fraction of sp³-hybridized carbons (Fsp3) is 1.00. The topological polar surface area (TPSA) is 29.3 Å². The van der Waals surface area contributed by atoms with Crippen LogP contribution in [0.25, 0.3) is 0 Å². The Kier molecular flexibility index (Phi) is 3.92. The molecule has 19 heavy (non-hydrogen) atoms. The summed E-state index contributed by atoms with van der Waals surface area (Å²) in [7, 11) is 0. The molecule has 1 saturated carbocycles. The number of hydrogen-bond donors (Lipinski definition) is 1. The number of nitrogens with zero attached hydrogens (tertiary/aromatic N) is 1. The lowest BCUT2D eigenvalue weighted by Gasteiger charge is -2.57. The second kappa shape index (κ2) is 5.23. The van der Waals surface area contributed by atoms with Crippen molar-refractivity contribution in [3.63, 3.8) is 0 Å². The first kappa shape index (κ1) is 14.2. The maximum atomic E-state index is 6.36. The summed E-state index contributed by atoms with van der Waals surface area (Å²) >= 11 is 2.13. The zero-order valence-corrected chi connectivity index (χ0v) is 13.5. The van der Waals surface area contributed by atoms with E-state index in [0.29, 0.717) is 5.41 Å². The van der Waals surface area contributed by atoms with Gasteiger partial charge in [0.1, 0.15) is 0 Å². The molecule has 0 spiro atoms. The van der Waals surface area contributed by atoms with Crippen LogP contribution in [0.3, 0.4) is 0 Å². The second-order valence-corrected chi connectivity index (χ2v) is 8.62. The smallest absolute Gasteiger partial charge is 0.0475 e. The van der Waals surface area contributed by atoms with Crippen LogP contribution in [0.15, 0.2) is 0 Å². The van der Waals surface area contributed by atoms with Gasteiger partial charge in [-0.25, -0.2) is 0 Å². The lowest BCUT2D eigenvalue weighted by Crippen LogP contribution is -2.67. The molecule has 2 heterocycles. The fourth-order valence-corrected chi connectivity index (χ4v) is 6.67. The van der Waals surface area contributed by atoms with Crippen LogP contribution in [-0.2, 0) is 0 Å². The predicted octanol–water partition coefficient (Wildman–Crippen LogP) is 3.11. The second-order valence-electron chi connectivity index (χ2n) is 7.52. The van der Waals surface area contributed by atoms with Gasteiger partial charge >= 0.3 is 0 Å². The van der Waals surface area contributed by atoms with Gasteiger partial charge in [0, 0.05) is 23.9 Å². The van der Waals surface area contributed by atoms with E-state index in [9.17, 15) is 0 Å². The number of nitrogens with two attached hydrogens (primary N) is 1. The standard InChI is InChI=1S/C16H30N2S/c1-15(2)8-10-19-12-16(15,11-17)18-9-7-13-5-3-4-6-14(13)18/h13-14H,3-12,17H2,1-2H3. The average Bonchev–Trinajstić information content (AvgIpc) is 2.83. The molecule has 0 radical (unpaired) electrons. The van der Waals surface area contributed by atoms with E-state index in [1.807, 2.05) is 0 Å². The molecular formula is C16H30N2S. The molecular weight excluding hydrogens is 252 g/mol. The normalized spacial score (nSPS) is 43.1. The SMILES string of the molecule is CC1(C)CCSCC1(CN)N1CCC2CCCCC21. The summed E-state index contributed by atoms with van der Waals surface area (Å²) in [4.78, 5) is 2.88. The van der Waals surface area contributed by atoms with Crippen LogP contribution in [-0.4, -0.2) is 41.1 Å². The van der Waals surface area contributed by atoms with Gasteiger partial charge in [-0.3, -0.25) is 4.90 Å². The summed E-state index contributed by atoms with van der Waals surface area (Å²) in [6, 6.07) is 0.843. The monoisotopic (exact) mass is 282 g/mol. The van der Waals surface area contributed by atoms with E-state index >= 15 is 0 Å². The van der Waals surface area contributed by atoms with Crippen LogP contribution in [0.4, 0.5) is 0 Å². The minimum absolute atomic E-state index is 0.257. The number of rotatable bonds is 2. The Morgan fingerprint density at radius 3 is 2.74 bits per heavy atom. The molecule has 110 valence electrons. The molecule has 0 aromatic carbocycles.